The van der Waals surface area contributed by atoms with Crippen LogP contribution in [0.3, 0.4) is 0 Å². The van der Waals surface area contributed by atoms with Gasteiger partial charge in [-0.15, -0.1) is 12.4 Å². The van der Waals surface area contributed by atoms with Crippen LogP contribution >= 0.6 is 12.4 Å². The van der Waals surface area contributed by atoms with Crippen molar-refractivity contribution in [3.63, 3.8) is 0 Å². The Bertz CT molecular complexity index is 419. The van der Waals surface area contributed by atoms with E-state index in [0.717, 1.165) is 24.3 Å². The first-order chi connectivity index (χ1) is 8.60. The van der Waals surface area contributed by atoms with E-state index in [2.05, 4.69) is 0 Å². The van der Waals surface area contributed by atoms with Gasteiger partial charge in [0.05, 0.1) is 13.0 Å². The van der Waals surface area contributed by atoms with Crippen LogP contribution in [0.1, 0.15) is 17.9 Å². The molecule has 0 aromatic heterocycles. The van der Waals surface area contributed by atoms with Crippen molar-refractivity contribution in [2.45, 2.75) is 18.4 Å². The molecule has 1 saturated heterocycles. The van der Waals surface area contributed by atoms with Crippen molar-refractivity contribution in [3.05, 3.63) is 29.8 Å². The molecule has 0 N–H and O–H groups in total. The molecule has 1 aromatic rings. The van der Waals surface area contributed by atoms with E-state index in [1.165, 1.54) is 0 Å². The lowest BCUT2D eigenvalue weighted by molar-refractivity contribution is -0.142. The molecule has 0 saturated carbocycles. The van der Waals surface area contributed by atoms with Gasteiger partial charge in [-0.05, 0) is 31.8 Å². The molecule has 1 aliphatic heterocycles. The fourth-order valence-corrected chi connectivity index (χ4v) is 2.28. The minimum Gasteiger partial charge on any atom is -0.497 e. The number of nitrogens with zero attached hydrogens (tertiary/aromatic N) is 1. The van der Waals surface area contributed by atoms with E-state index in [1.807, 2.05) is 43.3 Å². The first-order valence-electron chi connectivity index (χ1n) is 6.09. The first-order valence-corrected chi connectivity index (χ1v) is 6.09. The molecule has 5 heteroatoms. The van der Waals surface area contributed by atoms with E-state index < -0.39 is 0 Å². The average molecular weight is 286 g/mol. The molecule has 1 aromatic carbocycles. The summed E-state index contributed by atoms with van der Waals surface area (Å²) in [6.07, 6.45) is 0.753. The highest BCUT2D eigenvalue weighted by molar-refractivity contribution is 5.85. The van der Waals surface area contributed by atoms with Gasteiger partial charge in [-0.3, -0.25) is 4.79 Å². The van der Waals surface area contributed by atoms with E-state index in [4.69, 9.17) is 9.47 Å². The predicted molar refractivity (Wildman–Crippen MR) is 76.0 cm³/mol. The van der Waals surface area contributed by atoms with Crippen molar-refractivity contribution in [1.82, 2.24) is 4.90 Å². The Morgan fingerprint density at radius 2 is 1.95 bits per heavy atom. The highest BCUT2D eigenvalue weighted by atomic mass is 35.5. The highest BCUT2D eigenvalue weighted by Gasteiger charge is 2.35. The summed E-state index contributed by atoms with van der Waals surface area (Å²) in [7, 11) is 5.59. The lowest BCUT2D eigenvalue weighted by Gasteiger charge is -2.14. The number of hydrogen-bond acceptors (Lipinski definition) is 4. The molecule has 0 unspecified atom stereocenters. The number of benzene rings is 1. The second-order valence-corrected chi connectivity index (χ2v) is 4.88. The van der Waals surface area contributed by atoms with E-state index in [0.29, 0.717) is 0 Å². The molecule has 1 aliphatic rings. The Morgan fingerprint density at radius 3 is 2.47 bits per heavy atom. The normalized spacial score (nSPS) is 22.0. The summed E-state index contributed by atoms with van der Waals surface area (Å²) >= 11 is 0. The number of esters is 1. The first kappa shape index (κ1) is 15.8. The summed E-state index contributed by atoms with van der Waals surface area (Å²) in [5.41, 5.74) is 1.00. The Labute approximate surface area is 120 Å². The number of hydrogen-bond donors (Lipinski definition) is 0. The number of methoxy groups -OCH3 is 1. The third-order valence-corrected chi connectivity index (χ3v) is 3.15. The molecule has 0 radical (unpaired) electrons. The molecular weight excluding hydrogens is 266 g/mol. The molecule has 106 valence electrons. The van der Waals surface area contributed by atoms with Crippen LogP contribution in [0, 0.1) is 0 Å². The molecule has 2 rings (SSSR count). The fourth-order valence-electron chi connectivity index (χ4n) is 2.28. The standard InChI is InChI=1S/C14H19NO3.ClH/c1-15(2)9-12-8-13(14(16)18-12)10-4-6-11(17-3)7-5-10;/h4-7,12-13H,8-9H2,1-3H3;1H/t12-,13+;/m0./s1. The van der Waals surface area contributed by atoms with Crippen LogP contribution in [-0.4, -0.2) is 44.7 Å². The maximum atomic E-state index is 11.8. The van der Waals surface area contributed by atoms with Gasteiger partial charge >= 0.3 is 5.97 Å². The summed E-state index contributed by atoms with van der Waals surface area (Å²) in [5, 5.41) is 0. The van der Waals surface area contributed by atoms with Crippen LogP contribution in [0.4, 0.5) is 0 Å². The zero-order valence-electron chi connectivity index (χ0n) is 11.5. The quantitative estimate of drug-likeness (QED) is 0.794. The van der Waals surface area contributed by atoms with Crippen molar-refractivity contribution >= 4 is 18.4 Å². The van der Waals surface area contributed by atoms with Gasteiger partial charge < -0.3 is 14.4 Å². The number of rotatable bonds is 4. The van der Waals surface area contributed by atoms with Crippen molar-refractivity contribution in [3.8, 4) is 5.75 Å². The maximum absolute atomic E-state index is 11.8. The van der Waals surface area contributed by atoms with Crippen molar-refractivity contribution in [2.24, 2.45) is 0 Å². The molecule has 0 bridgehead atoms. The number of halogens is 1. The SMILES string of the molecule is COc1ccc([C@H]2C[C@@H](CN(C)C)OC2=O)cc1.Cl. The molecule has 1 heterocycles. The van der Waals surface area contributed by atoms with E-state index in [9.17, 15) is 4.79 Å². The van der Waals surface area contributed by atoms with Gasteiger partial charge in [-0.2, -0.15) is 0 Å². The summed E-state index contributed by atoms with van der Waals surface area (Å²) in [6, 6.07) is 7.62. The van der Waals surface area contributed by atoms with Gasteiger partial charge in [-0.25, -0.2) is 0 Å². The van der Waals surface area contributed by atoms with Gasteiger partial charge in [0.25, 0.3) is 0 Å². The van der Waals surface area contributed by atoms with Crippen LogP contribution in [-0.2, 0) is 9.53 Å². The minimum atomic E-state index is -0.138. The van der Waals surface area contributed by atoms with Gasteiger partial charge in [-0.1, -0.05) is 12.1 Å². The van der Waals surface area contributed by atoms with Gasteiger partial charge in [0.2, 0.25) is 0 Å². The average Bonchev–Trinajstić information content (AvgIpc) is 2.69. The summed E-state index contributed by atoms with van der Waals surface area (Å²) in [5.74, 6) is 0.544. The zero-order valence-corrected chi connectivity index (χ0v) is 12.3. The third kappa shape index (κ3) is 3.85. The van der Waals surface area contributed by atoms with Gasteiger partial charge in [0.15, 0.2) is 0 Å². The second kappa shape index (κ2) is 6.78. The number of likely N-dealkylation sites (N-methyl/N-ethyl adjacent to an activating group) is 1. The molecule has 1 fully saturated rings. The topological polar surface area (TPSA) is 38.8 Å². The second-order valence-electron chi connectivity index (χ2n) is 4.88. The van der Waals surface area contributed by atoms with E-state index >= 15 is 0 Å². The minimum absolute atomic E-state index is 0. The molecule has 4 nitrogen and oxygen atoms in total. The Morgan fingerprint density at radius 1 is 1.32 bits per heavy atom. The monoisotopic (exact) mass is 285 g/mol. The summed E-state index contributed by atoms with van der Waals surface area (Å²) in [6.45, 7) is 0.776. The maximum Gasteiger partial charge on any atom is 0.313 e. The Hall–Kier alpha value is -1.26. The smallest absolute Gasteiger partial charge is 0.313 e. The van der Waals surface area contributed by atoms with Crippen molar-refractivity contribution in [1.29, 1.82) is 0 Å². The number of carbonyl (C=O) groups is 1. The molecule has 0 aliphatic carbocycles. The van der Waals surface area contributed by atoms with Crippen molar-refractivity contribution in [2.75, 3.05) is 27.7 Å². The van der Waals surface area contributed by atoms with E-state index in [1.54, 1.807) is 7.11 Å². The molecule has 0 spiro atoms. The van der Waals surface area contributed by atoms with Gasteiger partial charge in [0.1, 0.15) is 11.9 Å². The zero-order chi connectivity index (χ0) is 13.1. The van der Waals surface area contributed by atoms with Crippen LogP contribution in [0.5, 0.6) is 5.75 Å². The van der Waals surface area contributed by atoms with Crippen molar-refractivity contribution < 1.29 is 14.3 Å². The Kier molecular flexibility index (Phi) is 5.63. The Balaban J connectivity index is 0.00000180. The number of cyclic esters (lactones) is 1. The molecule has 2 atom stereocenters. The van der Waals surface area contributed by atoms with Crippen LogP contribution < -0.4 is 4.74 Å². The fraction of sp³-hybridized carbons (Fsp3) is 0.500. The highest BCUT2D eigenvalue weighted by Crippen LogP contribution is 2.31. The third-order valence-electron chi connectivity index (χ3n) is 3.15. The molecular formula is C14H20ClNO3. The number of carbonyl (C=O) groups excluding carboxylic acids is 1. The molecule has 0 amide bonds. The molecule has 19 heavy (non-hydrogen) atoms. The summed E-state index contributed by atoms with van der Waals surface area (Å²) in [4.78, 5) is 13.9. The van der Waals surface area contributed by atoms with Crippen LogP contribution in [0.2, 0.25) is 0 Å². The number of ether oxygens (including phenoxy) is 2. The van der Waals surface area contributed by atoms with Crippen LogP contribution in [0.15, 0.2) is 24.3 Å². The van der Waals surface area contributed by atoms with Crippen LogP contribution in [0.25, 0.3) is 0 Å². The lowest BCUT2D eigenvalue weighted by atomic mass is 9.95. The lowest BCUT2D eigenvalue weighted by Crippen LogP contribution is -2.25. The van der Waals surface area contributed by atoms with E-state index in [-0.39, 0.29) is 30.4 Å². The largest absolute Gasteiger partial charge is 0.497 e. The van der Waals surface area contributed by atoms with Gasteiger partial charge in [0, 0.05) is 13.0 Å². The predicted octanol–water partition coefficient (Wildman–Crippen LogP) is 2.08. The summed E-state index contributed by atoms with van der Waals surface area (Å²) < 4.78 is 10.5.